The van der Waals surface area contributed by atoms with Gasteiger partial charge in [0.15, 0.2) is 5.43 Å². The van der Waals surface area contributed by atoms with Crippen molar-refractivity contribution in [3.63, 3.8) is 0 Å². The second kappa shape index (κ2) is 4.45. The molecule has 14 heavy (non-hydrogen) atoms. The average molecular weight is 197 g/mol. The second-order valence-corrected chi connectivity index (χ2v) is 2.90. The van der Waals surface area contributed by atoms with Crippen molar-refractivity contribution in [2.45, 2.75) is 20.0 Å². The third-order valence-electron chi connectivity index (χ3n) is 1.28. The molecule has 0 atom stereocenters. The molecule has 0 aromatic carbocycles. The maximum Gasteiger partial charge on any atom is 0.533 e. The molecule has 0 bridgehead atoms. The first-order valence-corrected chi connectivity index (χ1v) is 4.15. The van der Waals surface area contributed by atoms with Crippen LogP contribution in [0, 0.1) is 0 Å². The molecular weight excluding hydrogens is 186 g/mol. The summed E-state index contributed by atoms with van der Waals surface area (Å²) in [5.74, 6) is 0. The van der Waals surface area contributed by atoms with Gasteiger partial charge < -0.3 is 9.57 Å². The van der Waals surface area contributed by atoms with E-state index in [9.17, 15) is 9.59 Å². The highest BCUT2D eigenvalue weighted by Crippen LogP contribution is 1.90. The third kappa shape index (κ3) is 3.30. The Morgan fingerprint density at radius 1 is 1.36 bits per heavy atom. The lowest BCUT2D eigenvalue weighted by atomic mass is 10.5. The molecular formula is C9H11NO4. The van der Waals surface area contributed by atoms with Crippen LogP contribution in [0.15, 0.2) is 29.3 Å². The number of carbonyl (C=O) groups excluding carboxylic acids is 1. The van der Waals surface area contributed by atoms with Crippen LogP contribution in [0.25, 0.3) is 0 Å². The summed E-state index contributed by atoms with van der Waals surface area (Å²) >= 11 is 0. The molecule has 1 aromatic rings. The molecule has 0 amide bonds. The number of pyridine rings is 1. The van der Waals surface area contributed by atoms with Crippen LogP contribution in [0.1, 0.15) is 13.8 Å². The van der Waals surface area contributed by atoms with Gasteiger partial charge in [-0.15, -0.1) is 0 Å². The first-order chi connectivity index (χ1) is 6.58. The summed E-state index contributed by atoms with van der Waals surface area (Å²) in [6.45, 7) is 3.43. The van der Waals surface area contributed by atoms with Crippen LogP contribution in [0.3, 0.4) is 0 Å². The molecule has 5 heteroatoms. The minimum Gasteiger partial charge on any atom is -0.430 e. The second-order valence-electron chi connectivity index (χ2n) is 2.90. The zero-order valence-electron chi connectivity index (χ0n) is 7.97. The van der Waals surface area contributed by atoms with Crippen molar-refractivity contribution in [2.24, 2.45) is 0 Å². The van der Waals surface area contributed by atoms with E-state index in [4.69, 9.17) is 9.57 Å². The number of nitrogens with zero attached hydrogens (tertiary/aromatic N) is 1. The molecule has 76 valence electrons. The fraction of sp³-hybridized carbons (Fsp3) is 0.333. The van der Waals surface area contributed by atoms with Crippen molar-refractivity contribution < 1.29 is 14.4 Å². The summed E-state index contributed by atoms with van der Waals surface area (Å²) in [6.07, 6.45) is 1.64. The third-order valence-corrected chi connectivity index (χ3v) is 1.28. The molecule has 0 N–H and O–H groups in total. The van der Waals surface area contributed by atoms with Crippen LogP contribution >= 0.6 is 0 Å². The fourth-order valence-corrected chi connectivity index (χ4v) is 0.760. The van der Waals surface area contributed by atoms with Gasteiger partial charge in [0.05, 0.1) is 6.10 Å². The molecule has 0 aliphatic heterocycles. The summed E-state index contributed by atoms with van der Waals surface area (Å²) in [5, 5.41) is 0. The number of carbonyl (C=O) groups is 1. The Morgan fingerprint density at radius 2 is 1.93 bits per heavy atom. The van der Waals surface area contributed by atoms with Crippen molar-refractivity contribution in [2.75, 3.05) is 0 Å². The van der Waals surface area contributed by atoms with E-state index in [1.54, 1.807) is 13.8 Å². The van der Waals surface area contributed by atoms with Crippen molar-refractivity contribution in [3.8, 4) is 0 Å². The maximum absolute atomic E-state index is 11.0. The van der Waals surface area contributed by atoms with E-state index < -0.39 is 6.16 Å². The first kappa shape index (κ1) is 10.3. The fourth-order valence-electron chi connectivity index (χ4n) is 0.760. The molecule has 0 fully saturated rings. The average Bonchev–Trinajstić information content (AvgIpc) is 2.07. The van der Waals surface area contributed by atoms with Crippen LogP contribution in [-0.4, -0.2) is 17.0 Å². The molecule has 1 heterocycles. The van der Waals surface area contributed by atoms with E-state index in [1.165, 1.54) is 24.5 Å². The van der Waals surface area contributed by atoms with Crippen molar-refractivity contribution >= 4 is 6.16 Å². The molecule has 0 spiro atoms. The number of aromatic nitrogens is 1. The SMILES string of the molecule is CC(C)OC(=O)On1ccc(=O)cc1. The molecule has 0 aliphatic rings. The van der Waals surface area contributed by atoms with Crippen molar-refractivity contribution in [3.05, 3.63) is 34.7 Å². The summed E-state index contributed by atoms with van der Waals surface area (Å²) in [5.41, 5.74) is -0.151. The molecule has 0 unspecified atom stereocenters. The highest BCUT2D eigenvalue weighted by molar-refractivity contribution is 5.60. The Hall–Kier alpha value is -1.78. The van der Waals surface area contributed by atoms with Gasteiger partial charge in [0.1, 0.15) is 0 Å². The molecule has 1 rings (SSSR count). The van der Waals surface area contributed by atoms with E-state index >= 15 is 0 Å². The van der Waals surface area contributed by atoms with Crippen LogP contribution in [0.4, 0.5) is 4.79 Å². The van der Waals surface area contributed by atoms with Gasteiger partial charge in [-0.2, -0.15) is 4.73 Å². The lowest BCUT2D eigenvalue weighted by Crippen LogP contribution is -2.23. The quantitative estimate of drug-likeness (QED) is 0.658. The van der Waals surface area contributed by atoms with E-state index in [0.717, 1.165) is 4.73 Å². The normalized spacial score (nSPS) is 9.93. The van der Waals surface area contributed by atoms with Gasteiger partial charge in [-0.3, -0.25) is 4.79 Å². The summed E-state index contributed by atoms with van der Waals surface area (Å²) in [4.78, 5) is 26.4. The van der Waals surface area contributed by atoms with E-state index in [2.05, 4.69) is 0 Å². The first-order valence-electron chi connectivity index (χ1n) is 4.15. The minimum absolute atomic E-state index is 0.151. The van der Waals surface area contributed by atoms with Gasteiger partial charge in [-0.25, -0.2) is 4.79 Å². The highest BCUT2D eigenvalue weighted by atomic mass is 16.8. The Balaban J connectivity index is 2.56. The standard InChI is InChI=1S/C9H11NO4/c1-7(2)13-9(12)14-10-5-3-8(11)4-6-10/h3-7H,1-2H3. The monoisotopic (exact) mass is 197 g/mol. The Morgan fingerprint density at radius 3 is 2.43 bits per heavy atom. The van der Waals surface area contributed by atoms with E-state index in [-0.39, 0.29) is 11.5 Å². The Bertz CT molecular complexity index is 349. The van der Waals surface area contributed by atoms with Crippen LogP contribution < -0.4 is 10.3 Å². The molecule has 0 radical (unpaired) electrons. The predicted octanol–water partition coefficient (Wildman–Crippen LogP) is 0.822. The molecule has 0 saturated carbocycles. The van der Waals surface area contributed by atoms with Crippen molar-refractivity contribution in [1.29, 1.82) is 0 Å². The number of hydrogen-bond acceptors (Lipinski definition) is 4. The Labute approximate surface area is 80.8 Å². The zero-order valence-corrected chi connectivity index (χ0v) is 7.97. The van der Waals surface area contributed by atoms with Crippen LogP contribution in [-0.2, 0) is 4.74 Å². The summed E-state index contributed by atoms with van der Waals surface area (Å²) in [6, 6.07) is 2.56. The minimum atomic E-state index is -0.802. The largest absolute Gasteiger partial charge is 0.533 e. The van der Waals surface area contributed by atoms with Crippen LogP contribution in [0.5, 0.6) is 0 Å². The smallest absolute Gasteiger partial charge is 0.430 e. The van der Waals surface area contributed by atoms with Gasteiger partial charge in [-0.1, -0.05) is 0 Å². The predicted molar refractivity (Wildman–Crippen MR) is 48.9 cm³/mol. The lowest BCUT2D eigenvalue weighted by Gasteiger charge is -2.08. The van der Waals surface area contributed by atoms with Gasteiger partial charge in [-0.05, 0) is 13.8 Å². The molecule has 1 aromatic heterocycles. The Kier molecular flexibility index (Phi) is 3.28. The highest BCUT2D eigenvalue weighted by Gasteiger charge is 2.06. The van der Waals surface area contributed by atoms with Crippen LogP contribution in [0.2, 0.25) is 0 Å². The van der Waals surface area contributed by atoms with Gasteiger partial charge >= 0.3 is 6.16 Å². The maximum atomic E-state index is 11.0. The summed E-state index contributed by atoms with van der Waals surface area (Å²) in [7, 11) is 0. The van der Waals surface area contributed by atoms with E-state index in [0.29, 0.717) is 0 Å². The molecule has 0 saturated heterocycles. The van der Waals surface area contributed by atoms with Gasteiger partial charge in [0, 0.05) is 24.5 Å². The van der Waals surface area contributed by atoms with Gasteiger partial charge in [0.25, 0.3) is 0 Å². The molecule has 0 aliphatic carbocycles. The number of rotatable bonds is 2. The lowest BCUT2D eigenvalue weighted by molar-refractivity contribution is 0.0282. The zero-order chi connectivity index (χ0) is 10.6. The molecule has 5 nitrogen and oxygen atoms in total. The number of ether oxygens (including phenoxy) is 1. The van der Waals surface area contributed by atoms with E-state index in [1.807, 2.05) is 0 Å². The number of hydrogen-bond donors (Lipinski definition) is 0. The summed E-state index contributed by atoms with van der Waals surface area (Å²) < 4.78 is 5.83. The topological polar surface area (TPSA) is 57.5 Å². The van der Waals surface area contributed by atoms with Gasteiger partial charge in [0.2, 0.25) is 0 Å². The van der Waals surface area contributed by atoms with Crippen molar-refractivity contribution in [1.82, 2.24) is 4.73 Å².